The molecule has 0 amide bonds. The van der Waals surface area contributed by atoms with Crippen LogP contribution in [0.25, 0.3) is 5.69 Å². The van der Waals surface area contributed by atoms with Crippen molar-refractivity contribution in [3.05, 3.63) is 61.7 Å². The molecule has 0 aliphatic heterocycles. The zero-order chi connectivity index (χ0) is 18.9. The molecule has 0 fully saturated rings. The molecular weight excluding hydrogens is 410 g/mol. The molecule has 2 aromatic rings. The predicted molar refractivity (Wildman–Crippen MR) is 84.5 cm³/mol. The SMILES string of the molecule is Cn1c(C(F)(F)F)cc(=O)n(-c2cc(CCBr)c(C#N)cc2F)c1=O. The van der Waals surface area contributed by atoms with Gasteiger partial charge in [0.05, 0.1) is 17.3 Å². The van der Waals surface area contributed by atoms with Crippen LogP contribution < -0.4 is 11.2 Å². The van der Waals surface area contributed by atoms with E-state index in [2.05, 4.69) is 15.9 Å². The summed E-state index contributed by atoms with van der Waals surface area (Å²) in [4.78, 5) is 24.3. The summed E-state index contributed by atoms with van der Waals surface area (Å²) in [5.41, 5.74) is -4.23. The molecule has 25 heavy (non-hydrogen) atoms. The van der Waals surface area contributed by atoms with E-state index in [9.17, 15) is 27.2 Å². The van der Waals surface area contributed by atoms with Gasteiger partial charge >= 0.3 is 11.9 Å². The summed E-state index contributed by atoms with van der Waals surface area (Å²) in [6, 6.07) is 3.98. The van der Waals surface area contributed by atoms with Gasteiger partial charge in [0.2, 0.25) is 0 Å². The molecule has 0 unspecified atom stereocenters. The lowest BCUT2D eigenvalue weighted by atomic mass is 10.0. The third-order valence-electron chi connectivity index (χ3n) is 3.51. The van der Waals surface area contributed by atoms with Gasteiger partial charge in [-0.05, 0) is 24.1 Å². The largest absolute Gasteiger partial charge is 0.431 e. The van der Waals surface area contributed by atoms with Crippen LogP contribution in [-0.4, -0.2) is 14.5 Å². The number of nitriles is 1. The first kappa shape index (κ1) is 18.9. The maximum Gasteiger partial charge on any atom is 0.431 e. The van der Waals surface area contributed by atoms with Gasteiger partial charge in [-0.2, -0.15) is 18.4 Å². The zero-order valence-electron chi connectivity index (χ0n) is 12.7. The average Bonchev–Trinajstić information content (AvgIpc) is 2.52. The molecule has 5 nitrogen and oxygen atoms in total. The summed E-state index contributed by atoms with van der Waals surface area (Å²) in [5.74, 6) is -1.06. The highest BCUT2D eigenvalue weighted by molar-refractivity contribution is 9.09. The van der Waals surface area contributed by atoms with Gasteiger partial charge in [-0.15, -0.1) is 0 Å². The van der Waals surface area contributed by atoms with Gasteiger partial charge in [0.1, 0.15) is 11.5 Å². The number of benzene rings is 1. The topological polar surface area (TPSA) is 67.8 Å². The van der Waals surface area contributed by atoms with Crippen molar-refractivity contribution in [3.8, 4) is 11.8 Å². The van der Waals surface area contributed by atoms with Gasteiger partial charge in [-0.3, -0.25) is 9.36 Å². The van der Waals surface area contributed by atoms with Crippen LogP contribution in [0.2, 0.25) is 0 Å². The highest BCUT2D eigenvalue weighted by Crippen LogP contribution is 2.27. The Hall–Kier alpha value is -2.41. The molecule has 0 radical (unpaired) electrons. The molecule has 0 atom stereocenters. The van der Waals surface area contributed by atoms with Gasteiger partial charge in [0, 0.05) is 18.4 Å². The Morgan fingerprint density at radius 1 is 1.24 bits per heavy atom. The molecule has 10 heteroatoms. The summed E-state index contributed by atoms with van der Waals surface area (Å²) >= 11 is 3.16. The van der Waals surface area contributed by atoms with Crippen molar-refractivity contribution in [3.63, 3.8) is 0 Å². The molecule has 0 aliphatic rings. The lowest BCUT2D eigenvalue weighted by Crippen LogP contribution is -2.41. The molecule has 0 aliphatic carbocycles. The van der Waals surface area contributed by atoms with E-state index < -0.39 is 34.6 Å². The van der Waals surface area contributed by atoms with Crippen LogP contribution in [0.1, 0.15) is 16.8 Å². The van der Waals surface area contributed by atoms with E-state index in [4.69, 9.17) is 5.26 Å². The molecule has 0 spiro atoms. The van der Waals surface area contributed by atoms with Gasteiger partial charge in [-0.25, -0.2) is 13.8 Å². The molecule has 132 valence electrons. The summed E-state index contributed by atoms with van der Waals surface area (Å²) < 4.78 is 53.4. The van der Waals surface area contributed by atoms with Crippen molar-refractivity contribution in [1.82, 2.24) is 9.13 Å². The van der Waals surface area contributed by atoms with Crippen LogP contribution in [0.3, 0.4) is 0 Å². The van der Waals surface area contributed by atoms with E-state index in [1.165, 1.54) is 0 Å². The molecule has 0 bridgehead atoms. The first-order valence-corrected chi connectivity index (χ1v) is 7.93. The number of nitrogens with zero attached hydrogens (tertiary/aromatic N) is 3. The van der Waals surface area contributed by atoms with Crippen LogP contribution in [0.4, 0.5) is 17.6 Å². The predicted octanol–water partition coefficient (Wildman–Crippen LogP) is 2.50. The normalized spacial score (nSPS) is 11.4. The zero-order valence-corrected chi connectivity index (χ0v) is 14.3. The van der Waals surface area contributed by atoms with Crippen molar-refractivity contribution in [1.29, 1.82) is 5.26 Å². The summed E-state index contributed by atoms with van der Waals surface area (Å²) in [6.45, 7) is 0. The second-order valence-corrected chi connectivity index (χ2v) is 5.85. The summed E-state index contributed by atoms with van der Waals surface area (Å²) in [5, 5.41) is 9.44. The van der Waals surface area contributed by atoms with Gasteiger partial charge in [0.15, 0.2) is 0 Å². The highest BCUT2D eigenvalue weighted by Gasteiger charge is 2.35. The van der Waals surface area contributed by atoms with Crippen molar-refractivity contribution < 1.29 is 17.6 Å². The Bertz CT molecular complexity index is 986. The monoisotopic (exact) mass is 419 g/mol. The van der Waals surface area contributed by atoms with E-state index in [0.29, 0.717) is 21.9 Å². The van der Waals surface area contributed by atoms with Gasteiger partial charge in [-0.1, -0.05) is 15.9 Å². The van der Waals surface area contributed by atoms with Crippen LogP contribution in [0.5, 0.6) is 0 Å². The third-order valence-corrected chi connectivity index (χ3v) is 3.90. The average molecular weight is 420 g/mol. The van der Waals surface area contributed by atoms with E-state index in [1.54, 1.807) is 6.07 Å². The first-order chi connectivity index (χ1) is 11.6. The molecular formula is C15H10BrF4N3O2. The fourth-order valence-electron chi connectivity index (χ4n) is 2.31. The first-order valence-electron chi connectivity index (χ1n) is 6.81. The van der Waals surface area contributed by atoms with Crippen LogP contribution in [0, 0.1) is 17.1 Å². The minimum absolute atomic E-state index is 0.0116. The van der Waals surface area contributed by atoms with Crippen LogP contribution >= 0.6 is 15.9 Å². The van der Waals surface area contributed by atoms with Crippen LogP contribution in [-0.2, 0) is 19.6 Å². The Morgan fingerprint density at radius 2 is 1.88 bits per heavy atom. The van der Waals surface area contributed by atoms with Gasteiger partial charge < -0.3 is 0 Å². The lowest BCUT2D eigenvalue weighted by molar-refractivity contribution is -0.144. The molecule has 1 heterocycles. The summed E-state index contributed by atoms with van der Waals surface area (Å²) in [7, 11) is 0.835. The Kier molecular flexibility index (Phi) is 5.17. The fourth-order valence-corrected chi connectivity index (χ4v) is 2.74. The lowest BCUT2D eigenvalue weighted by Gasteiger charge is -2.15. The van der Waals surface area contributed by atoms with E-state index in [0.717, 1.165) is 19.2 Å². The van der Waals surface area contributed by atoms with Crippen molar-refractivity contribution in [2.45, 2.75) is 12.6 Å². The van der Waals surface area contributed by atoms with E-state index in [1.807, 2.05) is 0 Å². The molecule has 1 aromatic heterocycles. The Labute approximate surface area is 146 Å². The smallest absolute Gasteiger partial charge is 0.292 e. The molecule has 1 aromatic carbocycles. The third kappa shape index (κ3) is 3.51. The number of rotatable bonds is 3. The van der Waals surface area contributed by atoms with Crippen molar-refractivity contribution >= 4 is 15.9 Å². The van der Waals surface area contributed by atoms with Crippen LogP contribution in [0.15, 0.2) is 27.8 Å². The molecule has 0 N–H and O–H groups in total. The van der Waals surface area contributed by atoms with Gasteiger partial charge in [0.25, 0.3) is 5.56 Å². The second kappa shape index (κ2) is 6.84. The number of alkyl halides is 4. The maximum absolute atomic E-state index is 14.3. The van der Waals surface area contributed by atoms with E-state index in [-0.39, 0.29) is 16.2 Å². The Balaban J connectivity index is 2.83. The molecule has 2 rings (SSSR count). The number of aryl methyl sites for hydroxylation is 1. The van der Waals surface area contributed by atoms with E-state index >= 15 is 0 Å². The summed E-state index contributed by atoms with van der Waals surface area (Å²) in [6.07, 6.45) is -4.61. The molecule has 0 saturated carbocycles. The second-order valence-electron chi connectivity index (χ2n) is 5.05. The Morgan fingerprint density at radius 3 is 2.40 bits per heavy atom. The minimum atomic E-state index is -4.91. The number of hydrogen-bond acceptors (Lipinski definition) is 3. The highest BCUT2D eigenvalue weighted by atomic mass is 79.9. The number of hydrogen-bond donors (Lipinski definition) is 0. The molecule has 0 saturated heterocycles. The minimum Gasteiger partial charge on any atom is -0.292 e. The maximum atomic E-state index is 14.3. The van der Waals surface area contributed by atoms with Crippen molar-refractivity contribution in [2.24, 2.45) is 7.05 Å². The van der Waals surface area contributed by atoms with Crippen molar-refractivity contribution in [2.75, 3.05) is 5.33 Å². The fraction of sp³-hybridized carbons (Fsp3) is 0.267. The number of aromatic nitrogens is 2. The number of halogens is 5. The standard InChI is InChI=1S/C15H10BrF4N3O2/c1-22-12(15(18,19)20)6-13(24)23(14(22)25)11-5-8(2-3-16)9(7-21)4-10(11)17/h4-6H,2-3H2,1H3. The quantitative estimate of drug-likeness (QED) is 0.566.